The maximum absolute atomic E-state index is 5.87. The van der Waals surface area contributed by atoms with Crippen LogP contribution in [0.15, 0.2) is 36.7 Å². The normalized spacial score (nSPS) is 10.9. The zero-order chi connectivity index (χ0) is 11.8. The number of halogens is 2. The summed E-state index contributed by atoms with van der Waals surface area (Å²) in [5.41, 5.74) is 2.69. The van der Waals surface area contributed by atoms with Crippen LogP contribution in [0.4, 0.5) is 0 Å². The van der Waals surface area contributed by atoms with Gasteiger partial charge in [-0.3, -0.25) is 4.98 Å². The Labute approximate surface area is 116 Å². The van der Waals surface area contributed by atoms with E-state index in [9.17, 15) is 0 Å². The summed E-state index contributed by atoms with van der Waals surface area (Å²) in [5, 5.41) is 4.67. The van der Waals surface area contributed by atoms with Gasteiger partial charge in [-0.2, -0.15) is 5.10 Å². The van der Waals surface area contributed by atoms with E-state index in [0.717, 1.165) is 20.6 Å². The summed E-state index contributed by atoms with van der Waals surface area (Å²) in [7, 11) is 0. The number of hydrogen-bond donors (Lipinski definition) is 0. The predicted octanol–water partition coefficient (Wildman–Crippen LogP) is 3.05. The minimum Gasteiger partial charge on any atom is -0.265 e. The molecule has 0 atom stereocenters. The molecule has 3 rings (SSSR count). The topological polar surface area (TPSA) is 43.1 Å². The molecule has 0 amide bonds. The first-order chi connectivity index (χ1) is 8.25. The van der Waals surface area contributed by atoms with Crippen molar-refractivity contribution < 1.29 is 0 Å². The van der Waals surface area contributed by atoms with Crippen molar-refractivity contribution >= 4 is 39.8 Å². The Hall–Kier alpha value is -1.21. The molecule has 0 spiro atoms. The van der Waals surface area contributed by atoms with Crippen LogP contribution in [-0.2, 0) is 0 Å². The van der Waals surface area contributed by atoms with Crippen LogP contribution >= 0.6 is 34.2 Å². The highest BCUT2D eigenvalue weighted by atomic mass is 127. The molecule has 0 fully saturated rings. The lowest BCUT2D eigenvalue weighted by Crippen LogP contribution is -1.93. The highest BCUT2D eigenvalue weighted by Gasteiger charge is 2.12. The first kappa shape index (κ1) is 10.9. The molecule has 0 aromatic carbocycles. The van der Waals surface area contributed by atoms with E-state index in [1.165, 1.54) is 0 Å². The van der Waals surface area contributed by atoms with E-state index in [4.69, 9.17) is 11.6 Å². The molecule has 0 saturated carbocycles. The summed E-state index contributed by atoms with van der Waals surface area (Å²) < 4.78 is 2.67. The van der Waals surface area contributed by atoms with E-state index in [1.54, 1.807) is 23.0 Å². The summed E-state index contributed by atoms with van der Waals surface area (Å²) in [4.78, 5) is 8.52. The van der Waals surface area contributed by atoms with Gasteiger partial charge in [0, 0.05) is 18.0 Å². The standard InChI is InChI=1S/C11H6ClIN4/c12-8-1-2-9-15-10(11(13)17(9)16-8)7-3-5-14-6-4-7/h1-6H. The second kappa shape index (κ2) is 4.23. The minimum atomic E-state index is 0.453. The molecule has 0 aliphatic rings. The third-order valence-electron chi connectivity index (χ3n) is 2.34. The monoisotopic (exact) mass is 356 g/mol. The van der Waals surface area contributed by atoms with Crippen molar-refractivity contribution in [1.82, 2.24) is 19.6 Å². The molecule has 4 nitrogen and oxygen atoms in total. The fourth-order valence-electron chi connectivity index (χ4n) is 1.58. The minimum absolute atomic E-state index is 0.453. The fraction of sp³-hybridized carbons (Fsp3) is 0. The average Bonchev–Trinajstić information content (AvgIpc) is 2.68. The van der Waals surface area contributed by atoms with Crippen LogP contribution in [0, 0.1) is 3.70 Å². The van der Waals surface area contributed by atoms with E-state index in [-0.39, 0.29) is 0 Å². The molecule has 3 aromatic rings. The molecule has 0 saturated heterocycles. The van der Waals surface area contributed by atoms with Crippen molar-refractivity contribution in [3.63, 3.8) is 0 Å². The van der Waals surface area contributed by atoms with Crippen molar-refractivity contribution in [3.8, 4) is 11.3 Å². The van der Waals surface area contributed by atoms with E-state index in [2.05, 4.69) is 37.7 Å². The number of aromatic nitrogens is 4. The summed E-state index contributed by atoms with van der Waals surface area (Å²) in [6, 6.07) is 7.43. The number of fused-ring (bicyclic) bond motifs is 1. The molecule has 0 radical (unpaired) electrons. The van der Waals surface area contributed by atoms with Crippen molar-refractivity contribution in [3.05, 3.63) is 45.5 Å². The maximum Gasteiger partial charge on any atom is 0.155 e. The van der Waals surface area contributed by atoms with Gasteiger partial charge in [-0.1, -0.05) is 11.6 Å². The number of rotatable bonds is 1. The second-order valence-corrected chi connectivity index (χ2v) is 4.82. The molecule has 0 aliphatic heterocycles. The molecule has 84 valence electrons. The Morgan fingerprint density at radius 3 is 2.65 bits per heavy atom. The number of imidazole rings is 1. The van der Waals surface area contributed by atoms with Crippen molar-refractivity contribution in [1.29, 1.82) is 0 Å². The molecular weight excluding hydrogens is 351 g/mol. The number of hydrogen-bond acceptors (Lipinski definition) is 3. The Balaban J connectivity index is 2.28. The Morgan fingerprint density at radius 1 is 1.12 bits per heavy atom. The molecule has 0 aliphatic carbocycles. The lowest BCUT2D eigenvalue weighted by Gasteiger charge is -1.96. The SMILES string of the molecule is Clc1ccc2nc(-c3ccncc3)c(I)n2n1. The van der Waals surface area contributed by atoms with Crippen molar-refractivity contribution in [2.75, 3.05) is 0 Å². The highest BCUT2D eigenvalue weighted by Crippen LogP contribution is 2.25. The average molecular weight is 357 g/mol. The van der Waals surface area contributed by atoms with Crippen molar-refractivity contribution in [2.45, 2.75) is 0 Å². The van der Waals surface area contributed by atoms with Gasteiger partial charge < -0.3 is 0 Å². The smallest absolute Gasteiger partial charge is 0.155 e. The first-order valence-electron chi connectivity index (χ1n) is 4.87. The summed E-state index contributed by atoms with van der Waals surface area (Å²) >= 11 is 8.09. The van der Waals surface area contributed by atoms with E-state index in [0.29, 0.717) is 5.15 Å². The van der Waals surface area contributed by atoms with Gasteiger partial charge in [0.15, 0.2) is 5.65 Å². The zero-order valence-corrected chi connectivity index (χ0v) is 11.4. The van der Waals surface area contributed by atoms with Crippen molar-refractivity contribution in [2.24, 2.45) is 0 Å². The predicted molar refractivity (Wildman–Crippen MR) is 73.9 cm³/mol. The lowest BCUT2D eigenvalue weighted by atomic mass is 10.2. The highest BCUT2D eigenvalue weighted by molar-refractivity contribution is 14.1. The van der Waals surface area contributed by atoms with Gasteiger partial charge in [0.2, 0.25) is 0 Å². The van der Waals surface area contributed by atoms with Gasteiger partial charge in [-0.05, 0) is 46.9 Å². The molecule has 6 heteroatoms. The van der Waals surface area contributed by atoms with E-state index >= 15 is 0 Å². The van der Waals surface area contributed by atoms with E-state index < -0.39 is 0 Å². The molecule has 0 unspecified atom stereocenters. The summed E-state index contributed by atoms with van der Waals surface area (Å²) in [6.45, 7) is 0. The largest absolute Gasteiger partial charge is 0.265 e. The molecular formula is C11H6ClIN4. The van der Waals surface area contributed by atoms with Crippen LogP contribution in [0.25, 0.3) is 16.9 Å². The third-order valence-corrected chi connectivity index (χ3v) is 3.51. The van der Waals surface area contributed by atoms with Crippen LogP contribution in [0.5, 0.6) is 0 Å². The maximum atomic E-state index is 5.87. The molecule has 0 bridgehead atoms. The van der Waals surface area contributed by atoms with Crippen LogP contribution in [-0.4, -0.2) is 19.6 Å². The number of pyridine rings is 1. The fourth-order valence-corrected chi connectivity index (χ4v) is 2.50. The molecule has 17 heavy (non-hydrogen) atoms. The first-order valence-corrected chi connectivity index (χ1v) is 6.32. The van der Waals surface area contributed by atoms with Gasteiger partial charge in [0.1, 0.15) is 14.5 Å². The van der Waals surface area contributed by atoms with Gasteiger partial charge >= 0.3 is 0 Å². The quantitative estimate of drug-likeness (QED) is 0.630. The van der Waals surface area contributed by atoms with Gasteiger partial charge in [0.25, 0.3) is 0 Å². The number of nitrogens with zero attached hydrogens (tertiary/aromatic N) is 4. The van der Waals surface area contributed by atoms with Crippen LogP contribution in [0.2, 0.25) is 5.15 Å². The van der Waals surface area contributed by atoms with Gasteiger partial charge in [-0.15, -0.1) is 0 Å². The molecule has 3 aromatic heterocycles. The lowest BCUT2D eigenvalue weighted by molar-refractivity contribution is 0.914. The Kier molecular flexibility index (Phi) is 2.71. The van der Waals surface area contributed by atoms with Crippen LogP contribution in [0.3, 0.4) is 0 Å². The van der Waals surface area contributed by atoms with Crippen LogP contribution in [0.1, 0.15) is 0 Å². The van der Waals surface area contributed by atoms with E-state index in [1.807, 2.05) is 18.2 Å². The van der Waals surface area contributed by atoms with Gasteiger partial charge in [-0.25, -0.2) is 9.50 Å². The van der Waals surface area contributed by atoms with Crippen LogP contribution < -0.4 is 0 Å². The zero-order valence-electron chi connectivity index (χ0n) is 8.51. The third kappa shape index (κ3) is 1.89. The van der Waals surface area contributed by atoms with Gasteiger partial charge in [0.05, 0.1) is 0 Å². The summed E-state index contributed by atoms with van der Waals surface area (Å²) in [5.74, 6) is 0. The second-order valence-electron chi connectivity index (χ2n) is 3.41. The molecule has 3 heterocycles. The Bertz CT molecular complexity index is 681. The summed E-state index contributed by atoms with van der Waals surface area (Å²) in [6.07, 6.45) is 3.49. The Morgan fingerprint density at radius 2 is 1.88 bits per heavy atom. The molecule has 0 N–H and O–H groups in total.